The lowest BCUT2D eigenvalue weighted by Crippen LogP contribution is -2.46. The molecule has 2 aromatic rings. The van der Waals surface area contributed by atoms with Gasteiger partial charge in [-0.2, -0.15) is 0 Å². The number of rotatable bonds is 5. The van der Waals surface area contributed by atoms with E-state index >= 15 is 0 Å². The highest BCUT2D eigenvalue weighted by molar-refractivity contribution is 5.97. The average molecular weight is 283 g/mol. The Morgan fingerprint density at radius 1 is 0.905 bits per heavy atom. The molecule has 1 atom stereocenters. The van der Waals surface area contributed by atoms with Crippen molar-refractivity contribution in [1.82, 2.24) is 10.7 Å². The Labute approximate surface area is 123 Å². The summed E-state index contributed by atoms with van der Waals surface area (Å²) in [6.07, 6.45) is 0. The van der Waals surface area contributed by atoms with Gasteiger partial charge in [0.25, 0.3) is 11.8 Å². The smallest absolute Gasteiger partial charge is 0.260 e. The molecular formula is C16H17N3O2. The number of anilines is 1. The molecule has 2 amide bonds. The molecule has 0 saturated carbocycles. The van der Waals surface area contributed by atoms with Crippen molar-refractivity contribution in [2.24, 2.45) is 0 Å². The lowest BCUT2D eigenvalue weighted by Gasteiger charge is -2.15. The predicted molar refractivity (Wildman–Crippen MR) is 81.6 cm³/mol. The molecule has 0 fully saturated rings. The minimum absolute atomic E-state index is 0.280. The zero-order valence-electron chi connectivity index (χ0n) is 11.7. The normalized spacial score (nSPS) is 11.3. The van der Waals surface area contributed by atoms with Gasteiger partial charge < -0.3 is 5.32 Å². The summed E-state index contributed by atoms with van der Waals surface area (Å²) in [7, 11) is 0. The van der Waals surface area contributed by atoms with Crippen molar-refractivity contribution < 1.29 is 9.59 Å². The van der Waals surface area contributed by atoms with Gasteiger partial charge in [-0.15, -0.1) is 0 Å². The minimum Gasteiger partial charge on any atom is -0.340 e. The van der Waals surface area contributed by atoms with Crippen LogP contribution in [-0.4, -0.2) is 17.9 Å². The van der Waals surface area contributed by atoms with E-state index in [1.165, 1.54) is 0 Å². The first-order chi connectivity index (χ1) is 10.2. The lowest BCUT2D eigenvalue weighted by atomic mass is 10.2. The van der Waals surface area contributed by atoms with Gasteiger partial charge >= 0.3 is 0 Å². The molecule has 2 rings (SSSR count). The van der Waals surface area contributed by atoms with E-state index in [2.05, 4.69) is 16.2 Å². The topological polar surface area (TPSA) is 70.2 Å². The Morgan fingerprint density at radius 3 is 2.10 bits per heavy atom. The second-order valence-electron chi connectivity index (χ2n) is 4.54. The highest BCUT2D eigenvalue weighted by Crippen LogP contribution is 2.03. The first-order valence-electron chi connectivity index (χ1n) is 6.63. The average Bonchev–Trinajstić information content (AvgIpc) is 2.54. The number of hydrogen-bond acceptors (Lipinski definition) is 3. The zero-order chi connectivity index (χ0) is 15.1. The number of hydrogen-bond donors (Lipinski definition) is 3. The van der Waals surface area contributed by atoms with Crippen LogP contribution >= 0.6 is 0 Å². The van der Waals surface area contributed by atoms with E-state index in [0.717, 1.165) is 5.69 Å². The summed E-state index contributed by atoms with van der Waals surface area (Å²) in [6.45, 7) is 1.63. The molecule has 0 aliphatic carbocycles. The van der Waals surface area contributed by atoms with E-state index in [1.54, 1.807) is 31.2 Å². The molecular weight excluding hydrogens is 266 g/mol. The van der Waals surface area contributed by atoms with E-state index in [4.69, 9.17) is 0 Å². The van der Waals surface area contributed by atoms with Crippen LogP contribution in [0.15, 0.2) is 60.7 Å². The SMILES string of the molecule is CC(NC(=O)c1ccccc1)C(=O)NNc1ccccc1. The minimum atomic E-state index is -0.645. The van der Waals surface area contributed by atoms with Gasteiger partial charge in [0.1, 0.15) is 6.04 Å². The van der Waals surface area contributed by atoms with Crippen LogP contribution in [0.5, 0.6) is 0 Å². The zero-order valence-corrected chi connectivity index (χ0v) is 11.7. The molecule has 5 heteroatoms. The Balaban J connectivity index is 1.84. The highest BCUT2D eigenvalue weighted by atomic mass is 16.2. The van der Waals surface area contributed by atoms with Crippen molar-refractivity contribution in [3.05, 3.63) is 66.2 Å². The fourth-order valence-corrected chi connectivity index (χ4v) is 1.70. The summed E-state index contributed by atoms with van der Waals surface area (Å²) < 4.78 is 0. The third-order valence-electron chi connectivity index (χ3n) is 2.88. The largest absolute Gasteiger partial charge is 0.340 e. The fraction of sp³-hybridized carbons (Fsp3) is 0.125. The highest BCUT2D eigenvalue weighted by Gasteiger charge is 2.16. The molecule has 0 aromatic heterocycles. The molecule has 3 N–H and O–H groups in total. The van der Waals surface area contributed by atoms with Gasteiger partial charge in [0.15, 0.2) is 0 Å². The monoisotopic (exact) mass is 283 g/mol. The van der Waals surface area contributed by atoms with Gasteiger partial charge in [0.05, 0.1) is 5.69 Å². The van der Waals surface area contributed by atoms with E-state index in [0.29, 0.717) is 5.56 Å². The van der Waals surface area contributed by atoms with Gasteiger partial charge in [-0.3, -0.25) is 20.4 Å². The number of carbonyl (C=O) groups excluding carboxylic acids is 2. The molecule has 0 heterocycles. The van der Waals surface area contributed by atoms with E-state index in [9.17, 15) is 9.59 Å². The quantitative estimate of drug-likeness (QED) is 0.735. The van der Waals surface area contributed by atoms with Crippen molar-refractivity contribution in [2.45, 2.75) is 13.0 Å². The van der Waals surface area contributed by atoms with Crippen molar-refractivity contribution in [2.75, 3.05) is 5.43 Å². The van der Waals surface area contributed by atoms with Crippen molar-refractivity contribution in [3.63, 3.8) is 0 Å². The van der Waals surface area contributed by atoms with Crippen LogP contribution in [-0.2, 0) is 4.79 Å². The summed E-state index contributed by atoms with van der Waals surface area (Å²) in [5, 5.41) is 2.64. The van der Waals surface area contributed by atoms with Crippen LogP contribution in [0.25, 0.3) is 0 Å². The molecule has 2 aromatic carbocycles. The molecule has 21 heavy (non-hydrogen) atoms. The standard InChI is InChI=1S/C16H17N3O2/c1-12(17-16(21)13-8-4-2-5-9-13)15(20)19-18-14-10-6-3-7-11-14/h2-12,18H,1H3,(H,17,21)(H,19,20). The summed E-state index contributed by atoms with van der Waals surface area (Å²) in [5.74, 6) is -0.596. The summed E-state index contributed by atoms with van der Waals surface area (Å²) in [5.41, 5.74) is 6.63. The molecule has 0 spiro atoms. The number of benzene rings is 2. The molecule has 0 aliphatic heterocycles. The van der Waals surface area contributed by atoms with Crippen LogP contribution < -0.4 is 16.2 Å². The van der Waals surface area contributed by atoms with Crippen LogP contribution in [0.3, 0.4) is 0 Å². The number of nitrogens with one attached hydrogen (secondary N) is 3. The lowest BCUT2D eigenvalue weighted by molar-refractivity contribution is -0.122. The van der Waals surface area contributed by atoms with Crippen LogP contribution in [0, 0.1) is 0 Å². The summed E-state index contributed by atoms with van der Waals surface area (Å²) >= 11 is 0. The molecule has 108 valence electrons. The molecule has 0 aliphatic rings. The first kappa shape index (κ1) is 14.6. The van der Waals surface area contributed by atoms with E-state index in [-0.39, 0.29) is 11.8 Å². The maximum Gasteiger partial charge on any atom is 0.260 e. The van der Waals surface area contributed by atoms with Gasteiger partial charge in [0, 0.05) is 5.56 Å². The summed E-state index contributed by atoms with van der Waals surface area (Å²) in [4.78, 5) is 23.8. The third-order valence-corrected chi connectivity index (χ3v) is 2.88. The van der Waals surface area contributed by atoms with Crippen LogP contribution in [0.4, 0.5) is 5.69 Å². The van der Waals surface area contributed by atoms with Gasteiger partial charge in [-0.1, -0.05) is 36.4 Å². The van der Waals surface area contributed by atoms with E-state index < -0.39 is 6.04 Å². The Morgan fingerprint density at radius 2 is 1.48 bits per heavy atom. The molecule has 0 bridgehead atoms. The van der Waals surface area contributed by atoms with Crippen LogP contribution in [0.1, 0.15) is 17.3 Å². The Bertz CT molecular complexity index is 599. The molecule has 0 radical (unpaired) electrons. The first-order valence-corrected chi connectivity index (χ1v) is 6.63. The predicted octanol–water partition coefficient (Wildman–Crippen LogP) is 1.95. The van der Waals surface area contributed by atoms with Crippen LogP contribution in [0.2, 0.25) is 0 Å². The number of carbonyl (C=O) groups is 2. The maximum atomic E-state index is 11.9. The molecule has 5 nitrogen and oxygen atoms in total. The Kier molecular flexibility index (Phi) is 4.93. The van der Waals surface area contributed by atoms with Gasteiger partial charge in [0.2, 0.25) is 0 Å². The van der Waals surface area contributed by atoms with Crippen molar-refractivity contribution in [3.8, 4) is 0 Å². The van der Waals surface area contributed by atoms with E-state index in [1.807, 2.05) is 36.4 Å². The van der Waals surface area contributed by atoms with Gasteiger partial charge in [-0.05, 0) is 31.2 Å². The van der Waals surface area contributed by atoms with Crippen molar-refractivity contribution in [1.29, 1.82) is 0 Å². The fourth-order valence-electron chi connectivity index (χ4n) is 1.70. The third kappa shape index (κ3) is 4.35. The molecule has 1 unspecified atom stereocenters. The Hall–Kier alpha value is -2.82. The van der Waals surface area contributed by atoms with Crippen molar-refractivity contribution >= 4 is 17.5 Å². The maximum absolute atomic E-state index is 11.9. The number of hydrazine groups is 1. The number of amides is 2. The van der Waals surface area contributed by atoms with Gasteiger partial charge in [-0.25, -0.2) is 0 Å². The molecule has 0 saturated heterocycles. The second kappa shape index (κ2) is 7.09. The second-order valence-corrected chi connectivity index (χ2v) is 4.54. The summed E-state index contributed by atoms with van der Waals surface area (Å²) in [6, 6.07) is 17.4. The number of para-hydroxylation sites is 1.